The molecule has 0 bridgehead atoms. The Bertz CT molecular complexity index is 162. The molecule has 0 aliphatic heterocycles. The van der Waals surface area contributed by atoms with E-state index in [1.165, 1.54) is 0 Å². The Morgan fingerprint density at radius 3 is 2.60 bits per heavy atom. The zero-order chi connectivity index (χ0) is 8.15. The van der Waals surface area contributed by atoms with Crippen molar-refractivity contribution < 1.29 is 9.90 Å². The summed E-state index contributed by atoms with van der Waals surface area (Å²) < 4.78 is 0. The van der Waals surface area contributed by atoms with E-state index in [1.54, 1.807) is 0 Å². The normalized spacial score (nSPS) is 15.3. The van der Waals surface area contributed by atoms with Gasteiger partial charge in [0.05, 0.1) is 6.04 Å². The van der Waals surface area contributed by atoms with E-state index >= 15 is 0 Å². The molecule has 2 atom stereocenters. The lowest BCUT2D eigenvalue weighted by Gasteiger charge is -2.11. The van der Waals surface area contributed by atoms with Crippen molar-refractivity contribution in [3.05, 3.63) is 0 Å². The van der Waals surface area contributed by atoms with E-state index < -0.39 is 18.1 Å². The van der Waals surface area contributed by atoms with Gasteiger partial charge in [0.1, 0.15) is 6.10 Å². The van der Waals surface area contributed by atoms with Gasteiger partial charge in [-0.25, -0.2) is 0 Å². The molecule has 0 saturated heterocycles. The number of nitrogens with two attached hydrogens (primary N) is 2. The summed E-state index contributed by atoms with van der Waals surface area (Å²) in [6.07, 6.45) is 3.68. The monoisotopic (exact) mass is 142 g/mol. The van der Waals surface area contributed by atoms with Gasteiger partial charge < -0.3 is 16.6 Å². The first-order chi connectivity index (χ1) is 4.59. The molecule has 56 valence electrons. The van der Waals surface area contributed by atoms with Crippen molar-refractivity contribution in [2.75, 3.05) is 0 Å². The average Bonchev–Trinajstić information content (AvgIpc) is 1.87. The lowest BCUT2D eigenvalue weighted by molar-refractivity contribution is -0.126. The maximum absolute atomic E-state index is 10.2. The van der Waals surface area contributed by atoms with Crippen molar-refractivity contribution in [3.8, 4) is 12.3 Å². The maximum atomic E-state index is 10.2. The number of hydrogen-bond acceptors (Lipinski definition) is 3. The van der Waals surface area contributed by atoms with Crippen LogP contribution in [-0.4, -0.2) is 23.2 Å². The summed E-state index contributed by atoms with van der Waals surface area (Å²) in [4.78, 5) is 10.2. The van der Waals surface area contributed by atoms with Crippen molar-refractivity contribution in [1.29, 1.82) is 0 Å². The molecule has 1 amide bonds. The molecule has 0 aliphatic rings. The van der Waals surface area contributed by atoms with Crippen molar-refractivity contribution in [2.45, 2.75) is 18.6 Å². The summed E-state index contributed by atoms with van der Waals surface area (Å²) in [6.45, 7) is 0. The predicted octanol–water partition coefficient (Wildman–Crippen LogP) is -1.82. The molecule has 0 rings (SSSR count). The van der Waals surface area contributed by atoms with Crippen LogP contribution in [0.2, 0.25) is 0 Å². The summed E-state index contributed by atoms with van der Waals surface area (Å²) >= 11 is 0. The summed E-state index contributed by atoms with van der Waals surface area (Å²) in [5.41, 5.74) is 9.96. The minimum absolute atomic E-state index is 0.143. The topological polar surface area (TPSA) is 89.3 Å². The molecule has 0 aromatic carbocycles. The van der Waals surface area contributed by atoms with Gasteiger partial charge in [-0.2, -0.15) is 0 Å². The fourth-order valence-electron chi connectivity index (χ4n) is 0.459. The molecule has 1 unspecified atom stereocenters. The molecule has 0 aliphatic carbocycles. The Hall–Kier alpha value is -1.05. The van der Waals surface area contributed by atoms with E-state index in [2.05, 4.69) is 5.92 Å². The van der Waals surface area contributed by atoms with Crippen LogP contribution in [0, 0.1) is 12.3 Å². The highest BCUT2D eigenvalue weighted by atomic mass is 16.3. The number of aliphatic hydroxyl groups is 1. The summed E-state index contributed by atoms with van der Waals surface area (Å²) in [7, 11) is 0. The molecule has 0 fully saturated rings. The highest BCUT2D eigenvalue weighted by molar-refractivity contribution is 5.79. The minimum atomic E-state index is -1.34. The molecular formula is C6H10N2O2. The lowest BCUT2D eigenvalue weighted by atomic mass is 10.1. The van der Waals surface area contributed by atoms with E-state index in [-0.39, 0.29) is 6.42 Å². The second-order valence-electron chi connectivity index (χ2n) is 1.92. The molecule has 5 N–H and O–H groups in total. The van der Waals surface area contributed by atoms with Gasteiger partial charge in [-0.15, -0.1) is 12.3 Å². The Morgan fingerprint density at radius 1 is 1.80 bits per heavy atom. The Kier molecular flexibility index (Phi) is 3.47. The van der Waals surface area contributed by atoms with E-state index in [1.807, 2.05) is 0 Å². The van der Waals surface area contributed by atoms with Crippen LogP contribution in [0.4, 0.5) is 0 Å². The van der Waals surface area contributed by atoms with Gasteiger partial charge in [-0.1, -0.05) is 0 Å². The van der Waals surface area contributed by atoms with E-state index in [0.717, 1.165) is 0 Å². The van der Waals surface area contributed by atoms with Crippen LogP contribution in [0.5, 0.6) is 0 Å². The van der Waals surface area contributed by atoms with Crippen molar-refractivity contribution in [2.24, 2.45) is 11.5 Å². The SMILES string of the molecule is C#CC[C@H](N)C(O)C(N)=O. The Balaban J connectivity index is 3.84. The fraction of sp³-hybridized carbons (Fsp3) is 0.500. The average molecular weight is 142 g/mol. The third kappa shape index (κ3) is 2.49. The maximum Gasteiger partial charge on any atom is 0.247 e. The highest BCUT2D eigenvalue weighted by Gasteiger charge is 2.18. The van der Waals surface area contributed by atoms with Gasteiger partial charge in [0.15, 0.2) is 0 Å². The van der Waals surface area contributed by atoms with Crippen LogP contribution in [-0.2, 0) is 4.79 Å². The number of aliphatic hydroxyl groups excluding tert-OH is 1. The summed E-state index contributed by atoms with van der Waals surface area (Å²) in [5, 5.41) is 8.83. The molecule has 4 heteroatoms. The number of amides is 1. The zero-order valence-electron chi connectivity index (χ0n) is 5.45. The third-order valence-corrected chi connectivity index (χ3v) is 1.05. The van der Waals surface area contributed by atoms with E-state index in [0.29, 0.717) is 0 Å². The van der Waals surface area contributed by atoms with Crippen molar-refractivity contribution >= 4 is 5.91 Å². The Labute approximate surface area is 59.2 Å². The molecule has 0 aromatic rings. The first kappa shape index (κ1) is 8.95. The first-order valence-electron chi connectivity index (χ1n) is 2.76. The van der Waals surface area contributed by atoms with E-state index in [9.17, 15) is 4.79 Å². The van der Waals surface area contributed by atoms with Crippen molar-refractivity contribution in [1.82, 2.24) is 0 Å². The van der Waals surface area contributed by atoms with Gasteiger partial charge in [0.2, 0.25) is 5.91 Å². The van der Waals surface area contributed by atoms with Crippen molar-refractivity contribution in [3.63, 3.8) is 0 Å². The number of carbonyl (C=O) groups is 1. The number of carbonyl (C=O) groups excluding carboxylic acids is 1. The lowest BCUT2D eigenvalue weighted by Crippen LogP contribution is -2.43. The Morgan fingerprint density at radius 2 is 2.30 bits per heavy atom. The van der Waals surface area contributed by atoms with Crippen LogP contribution >= 0.6 is 0 Å². The molecule has 0 spiro atoms. The van der Waals surface area contributed by atoms with Gasteiger partial charge in [-0.05, 0) is 0 Å². The quantitative estimate of drug-likeness (QED) is 0.405. The van der Waals surface area contributed by atoms with Crippen LogP contribution in [0.3, 0.4) is 0 Å². The van der Waals surface area contributed by atoms with Gasteiger partial charge in [-0.3, -0.25) is 4.79 Å². The third-order valence-electron chi connectivity index (χ3n) is 1.05. The zero-order valence-corrected chi connectivity index (χ0v) is 5.45. The molecule has 0 aromatic heterocycles. The number of terminal acetylenes is 1. The largest absolute Gasteiger partial charge is 0.382 e. The summed E-state index contributed by atoms with van der Waals surface area (Å²) in [6, 6.07) is -0.748. The highest BCUT2D eigenvalue weighted by Crippen LogP contribution is 1.92. The molecule has 0 heterocycles. The van der Waals surface area contributed by atoms with E-state index in [4.69, 9.17) is 23.0 Å². The first-order valence-corrected chi connectivity index (χ1v) is 2.76. The molecule has 4 nitrogen and oxygen atoms in total. The summed E-state index contributed by atoms with van der Waals surface area (Å²) in [5.74, 6) is 1.37. The molecule has 0 saturated carbocycles. The predicted molar refractivity (Wildman–Crippen MR) is 36.6 cm³/mol. The molecule has 0 radical (unpaired) electrons. The van der Waals surface area contributed by atoms with Crippen LogP contribution in [0.25, 0.3) is 0 Å². The molecular weight excluding hydrogens is 132 g/mol. The van der Waals surface area contributed by atoms with Crippen LogP contribution < -0.4 is 11.5 Å². The standard InChI is InChI=1S/C6H10N2O2/c1-2-3-4(7)5(9)6(8)10/h1,4-5,9H,3,7H2,(H2,8,10)/t4-,5?/m0/s1. The van der Waals surface area contributed by atoms with Gasteiger partial charge in [0.25, 0.3) is 0 Å². The van der Waals surface area contributed by atoms with Gasteiger partial charge >= 0.3 is 0 Å². The van der Waals surface area contributed by atoms with Gasteiger partial charge in [0, 0.05) is 6.42 Å². The second kappa shape index (κ2) is 3.88. The number of hydrogen-bond donors (Lipinski definition) is 3. The van der Waals surface area contributed by atoms with Crippen LogP contribution in [0.15, 0.2) is 0 Å². The molecule has 10 heavy (non-hydrogen) atoms. The second-order valence-corrected chi connectivity index (χ2v) is 1.92. The smallest absolute Gasteiger partial charge is 0.247 e. The number of rotatable bonds is 3. The minimum Gasteiger partial charge on any atom is -0.382 e. The number of primary amides is 1. The fourth-order valence-corrected chi connectivity index (χ4v) is 0.459. The van der Waals surface area contributed by atoms with Crippen LogP contribution in [0.1, 0.15) is 6.42 Å².